The van der Waals surface area contributed by atoms with Crippen LogP contribution < -0.4 is 0 Å². The third-order valence-electron chi connectivity index (χ3n) is 2.84. The second kappa shape index (κ2) is 6.51. The molecular formula is C15H15N3O3. The summed E-state index contributed by atoms with van der Waals surface area (Å²) >= 11 is 0. The minimum absolute atomic E-state index is 0.158. The number of hydrogen-bond acceptors (Lipinski definition) is 3. The Morgan fingerprint density at radius 3 is 2.67 bits per heavy atom. The zero-order valence-electron chi connectivity index (χ0n) is 11.3. The fraction of sp³-hybridized carbons (Fsp3) is 0.133. The molecule has 2 aromatic rings. The molecule has 2 N–H and O–H groups in total. The number of rotatable bonds is 6. The van der Waals surface area contributed by atoms with E-state index in [9.17, 15) is 9.59 Å². The van der Waals surface area contributed by atoms with Crippen molar-refractivity contribution in [3.8, 4) is 11.3 Å². The van der Waals surface area contributed by atoms with E-state index in [2.05, 4.69) is 16.8 Å². The Kier molecular flexibility index (Phi) is 4.50. The molecule has 0 bridgehead atoms. The van der Waals surface area contributed by atoms with Gasteiger partial charge in [0.15, 0.2) is 0 Å². The smallest absolute Gasteiger partial charge is 0.323 e. The maximum absolute atomic E-state index is 12.3. The number of carboxylic acid groups (broad SMARTS) is 1. The molecule has 0 fully saturated rings. The highest BCUT2D eigenvalue weighted by Crippen LogP contribution is 2.17. The second-order valence-electron chi connectivity index (χ2n) is 4.40. The maximum atomic E-state index is 12.3. The number of aromatic nitrogens is 2. The van der Waals surface area contributed by atoms with Crippen molar-refractivity contribution in [2.75, 3.05) is 13.1 Å². The summed E-state index contributed by atoms with van der Waals surface area (Å²) < 4.78 is 0. The summed E-state index contributed by atoms with van der Waals surface area (Å²) in [5.41, 5.74) is 1.76. The molecule has 0 aliphatic heterocycles. The zero-order valence-corrected chi connectivity index (χ0v) is 11.3. The van der Waals surface area contributed by atoms with Crippen molar-refractivity contribution in [3.05, 3.63) is 54.7 Å². The first-order valence-electron chi connectivity index (χ1n) is 6.34. The van der Waals surface area contributed by atoms with Crippen LogP contribution in [0.3, 0.4) is 0 Å². The van der Waals surface area contributed by atoms with Crippen LogP contribution in [0.5, 0.6) is 0 Å². The van der Waals surface area contributed by atoms with Crippen molar-refractivity contribution in [1.82, 2.24) is 15.1 Å². The lowest BCUT2D eigenvalue weighted by atomic mass is 10.1. The average molecular weight is 285 g/mol. The Labute approximate surface area is 121 Å². The van der Waals surface area contributed by atoms with Gasteiger partial charge in [0.1, 0.15) is 12.2 Å². The summed E-state index contributed by atoms with van der Waals surface area (Å²) in [6, 6.07) is 11.0. The predicted octanol–water partition coefficient (Wildman–Crippen LogP) is 1.79. The van der Waals surface area contributed by atoms with Crippen molar-refractivity contribution >= 4 is 11.9 Å². The number of benzene rings is 1. The normalized spacial score (nSPS) is 10.1. The van der Waals surface area contributed by atoms with E-state index in [1.807, 2.05) is 30.3 Å². The van der Waals surface area contributed by atoms with Crippen LogP contribution in [0.15, 0.2) is 49.1 Å². The Morgan fingerprint density at radius 2 is 2.05 bits per heavy atom. The molecule has 0 unspecified atom stereocenters. The number of nitrogens with zero attached hydrogens (tertiary/aromatic N) is 2. The number of carboxylic acids is 1. The van der Waals surface area contributed by atoms with E-state index < -0.39 is 11.9 Å². The summed E-state index contributed by atoms with van der Waals surface area (Å²) in [5, 5.41) is 15.6. The predicted molar refractivity (Wildman–Crippen MR) is 77.8 cm³/mol. The van der Waals surface area contributed by atoms with Crippen LogP contribution in [0.4, 0.5) is 0 Å². The van der Waals surface area contributed by atoms with E-state index in [1.54, 1.807) is 6.07 Å². The lowest BCUT2D eigenvalue weighted by molar-refractivity contribution is -0.137. The molecule has 6 heteroatoms. The second-order valence-corrected chi connectivity index (χ2v) is 4.40. The minimum Gasteiger partial charge on any atom is -0.480 e. The highest BCUT2D eigenvalue weighted by molar-refractivity contribution is 5.95. The SMILES string of the molecule is C=CCN(CC(=O)O)C(=O)c1cc(-c2ccccc2)n[nH]1. The number of aromatic amines is 1. The van der Waals surface area contributed by atoms with Crippen LogP contribution in [0.2, 0.25) is 0 Å². The number of carbonyl (C=O) groups is 2. The summed E-state index contributed by atoms with van der Waals surface area (Å²) in [4.78, 5) is 24.2. The van der Waals surface area contributed by atoms with Crippen LogP contribution in [0, 0.1) is 0 Å². The lowest BCUT2D eigenvalue weighted by Crippen LogP contribution is -2.36. The summed E-state index contributed by atoms with van der Waals surface area (Å²) in [5.74, 6) is -1.50. The van der Waals surface area contributed by atoms with Crippen molar-refractivity contribution in [1.29, 1.82) is 0 Å². The molecule has 108 valence electrons. The molecular weight excluding hydrogens is 270 g/mol. The molecule has 1 aromatic heterocycles. The first-order chi connectivity index (χ1) is 10.1. The summed E-state index contributed by atoms with van der Waals surface area (Å²) in [6.45, 7) is 3.30. The van der Waals surface area contributed by atoms with Crippen LogP contribution >= 0.6 is 0 Å². The van der Waals surface area contributed by atoms with Crippen LogP contribution in [0.25, 0.3) is 11.3 Å². The van der Waals surface area contributed by atoms with Crippen molar-refractivity contribution < 1.29 is 14.7 Å². The molecule has 0 aliphatic rings. The van der Waals surface area contributed by atoms with E-state index in [4.69, 9.17) is 5.11 Å². The van der Waals surface area contributed by atoms with E-state index in [0.717, 1.165) is 5.56 Å². The largest absolute Gasteiger partial charge is 0.480 e. The maximum Gasteiger partial charge on any atom is 0.323 e. The van der Waals surface area contributed by atoms with Gasteiger partial charge < -0.3 is 10.0 Å². The average Bonchev–Trinajstić information content (AvgIpc) is 2.96. The molecule has 6 nitrogen and oxygen atoms in total. The quantitative estimate of drug-likeness (QED) is 0.792. The van der Waals surface area contributed by atoms with Crippen molar-refractivity contribution in [2.45, 2.75) is 0 Å². The minimum atomic E-state index is -1.08. The first kappa shape index (κ1) is 14.5. The van der Waals surface area contributed by atoms with Gasteiger partial charge in [-0.15, -0.1) is 6.58 Å². The first-order valence-corrected chi connectivity index (χ1v) is 6.34. The molecule has 1 amide bonds. The molecule has 0 aliphatic carbocycles. The molecule has 1 aromatic carbocycles. The van der Waals surface area contributed by atoms with Gasteiger partial charge in [-0.25, -0.2) is 0 Å². The molecule has 0 spiro atoms. The Bertz CT molecular complexity index is 649. The van der Waals surface area contributed by atoms with Gasteiger partial charge in [0.05, 0.1) is 5.69 Å². The third kappa shape index (κ3) is 3.56. The van der Waals surface area contributed by atoms with E-state index in [1.165, 1.54) is 11.0 Å². The number of carbonyl (C=O) groups excluding carboxylic acids is 1. The van der Waals surface area contributed by atoms with Gasteiger partial charge in [-0.1, -0.05) is 36.4 Å². The fourth-order valence-corrected chi connectivity index (χ4v) is 1.90. The van der Waals surface area contributed by atoms with E-state index in [-0.39, 0.29) is 18.8 Å². The standard InChI is InChI=1S/C15H15N3O3/c1-2-8-18(10-14(19)20)15(21)13-9-12(16-17-13)11-6-4-3-5-7-11/h2-7,9H,1,8,10H2,(H,16,17)(H,19,20). The van der Waals surface area contributed by atoms with Crippen LogP contribution in [-0.2, 0) is 4.79 Å². The highest BCUT2D eigenvalue weighted by atomic mass is 16.4. The van der Waals surface area contributed by atoms with Gasteiger partial charge in [-0.2, -0.15) is 5.10 Å². The van der Waals surface area contributed by atoms with Crippen molar-refractivity contribution in [2.24, 2.45) is 0 Å². The monoisotopic (exact) mass is 285 g/mol. The molecule has 21 heavy (non-hydrogen) atoms. The third-order valence-corrected chi connectivity index (χ3v) is 2.84. The summed E-state index contributed by atoms with van der Waals surface area (Å²) in [7, 11) is 0. The van der Waals surface area contributed by atoms with Crippen LogP contribution in [0.1, 0.15) is 10.5 Å². The lowest BCUT2D eigenvalue weighted by Gasteiger charge is -2.17. The van der Waals surface area contributed by atoms with E-state index >= 15 is 0 Å². The molecule has 2 rings (SSSR count). The topological polar surface area (TPSA) is 86.3 Å². The number of nitrogens with one attached hydrogen (secondary N) is 1. The Morgan fingerprint density at radius 1 is 1.33 bits per heavy atom. The van der Waals surface area contributed by atoms with Gasteiger partial charge >= 0.3 is 5.97 Å². The Hall–Kier alpha value is -2.89. The van der Waals surface area contributed by atoms with Gasteiger partial charge in [-0.3, -0.25) is 14.7 Å². The van der Waals surface area contributed by atoms with Gasteiger partial charge in [0.2, 0.25) is 0 Å². The molecule has 1 heterocycles. The number of hydrogen-bond donors (Lipinski definition) is 2. The fourth-order valence-electron chi connectivity index (χ4n) is 1.90. The molecule has 0 saturated carbocycles. The van der Waals surface area contributed by atoms with Gasteiger partial charge in [-0.05, 0) is 6.07 Å². The van der Waals surface area contributed by atoms with Crippen molar-refractivity contribution in [3.63, 3.8) is 0 Å². The molecule has 0 atom stereocenters. The Balaban J connectivity index is 2.21. The van der Waals surface area contributed by atoms with E-state index in [0.29, 0.717) is 5.69 Å². The van der Waals surface area contributed by atoms with Crippen LogP contribution in [-0.4, -0.2) is 45.2 Å². The number of amides is 1. The van der Waals surface area contributed by atoms with Gasteiger partial charge in [0, 0.05) is 12.1 Å². The van der Waals surface area contributed by atoms with Gasteiger partial charge in [0.25, 0.3) is 5.91 Å². The number of aliphatic carboxylic acids is 1. The molecule has 0 saturated heterocycles. The highest BCUT2D eigenvalue weighted by Gasteiger charge is 2.19. The zero-order chi connectivity index (χ0) is 15.2. The summed E-state index contributed by atoms with van der Waals surface area (Å²) in [6.07, 6.45) is 1.48. The number of H-pyrrole nitrogens is 1. The molecule has 0 radical (unpaired) electrons.